The summed E-state index contributed by atoms with van der Waals surface area (Å²) in [5.41, 5.74) is 2.75. The quantitative estimate of drug-likeness (QED) is 0.499. The second kappa shape index (κ2) is 6.17. The lowest BCUT2D eigenvalue weighted by Gasteiger charge is -2.09. The normalized spacial score (nSPS) is 11.2. The third-order valence-electron chi connectivity index (χ3n) is 3.17. The average Bonchev–Trinajstić information content (AvgIpc) is 2.78. The van der Waals surface area contributed by atoms with Crippen LogP contribution in [0.15, 0.2) is 40.9 Å². The first-order valence-electron chi connectivity index (χ1n) is 6.28. The minimum atomic E-state index is 0.501. The van der Waals surface area contributed by atoms with E-state index in [1.54, 1.807) is 6.07 Å². The summed E-state index contributed by atoms with van der Waals surface area (Å²) in [5, 5.41) is 1.02. The number of aromatic nitrogens is 2. The minimum absolute atomic E-state index is 0.501. The molecular weight excluding hydrogens is 394 g/mol. The molecule has 0 aliphatic carbocycles. The van der Waals surface area contributed by atoms with E-state index in [0.717, 1.165) is 27.0 Å². The fraction of sp³-hybridized carbons (Fsp3) is 0.133. The first-order chi connectivity index (χ1) is 10.1. The van der Waals surface area contributed by atoms with Crippen LogP contribution in [0.25, 0.3) is 16.7 Å². The second-order valence-electron chi connectivity index (χ2n) is 4.53. The minimum Gasteiger partial charge on any atom is -0.296 e. The van der Waals surface area contributed by atoms with Gasteiger partial charge in [-0.2, -0.15) is 0 Å². The van der Waals surface area contributed by atoms with E-state index >= 15 is 0 Å². The van der Waals surface area contributed by atoms with Crippen LogP contribution in [0.4, 0.5) is 0 Å². The summed E-state index contributed by atoms with van der Waals surface area (Å²) in [4.78, 5) is 4.63. The molecule has 0 aliphatic heterocycles. The Morgan fingerprint density at radius 2 is 1.71 bits per heavy atom. The van der Waals surface area contributed by atoms with E-state index in [2.05, 4.69) is 25.5 Å². The van der Waals surface area contributed by atoms with Gasteiger partial charge in [0.1, 0.15) is 5.82 Å². The van der Waals surface area contributed by atoms with Crippen molar-refractivity contribution in [2.24, 2.45) is 0 Å². The summed E-state index contributed by atoms with van der Waals surface area (Å²) in [6.45, 7) is 0. The Morgan fingerprint density at radius 1 is 1.05 bits per heavy atom. The van der Waals surface area contributed by atoms with Gasteiger partial charge in [-0.05, 0) is 36.4 Å². The van der Waals surface area contributed by atoms with Crippen molar-refractivity contribution >= 4 is 61.8 Å². The molecule has 3 rings (SSSR count). The number of rotatable bonds is 3. The van der Waals surface area contributed by atoms with Gasteiger partial charge in [-0.15, -0.1) is 11.6 Å². The van der Waals surface area contributed by atoms with Gasteiger partial charge < -0.3 is 0 Å². The SMILES string of the molecule is ClCCc1nc2cc(Cl)c(Cl)cc2n1-c1ccc(Br)cc1. The maximum Gasteiger partial charge on any atom is 0.115 e. The Balaban J connectivity index is 2.29. The monoisotopic (exact) mass is 402 g/mol. The second-order valence-corrected chi connectivity index (χ2v) is 6.64. The summed E-state index contributed by atoms with van der Waals surface area (Å²) in [5.74, 6) is 1.39. The van der Waals surface area contributed by atoms with Crippen molar-refractivity contribution in [3.05, 3.63) is 56.7 Å². The van der Waals surface area contributed by atoms with Crippen molar-refractivity contribution in [1.29, 1.82) is 0 Å². The molecular formula is C15H10BrCl3N2. The molecule has 2 aromatic carbocycles. The molecule has 0 radical (unpaired) electrons. The molecule has 0 unspecified atom stereocenters. The van der Waals surface area contributed by atoms with Crippen LogP contribution in [0.3, 0.4) is 0 Å². The van der Waals surface area contributed by atoms with E-state index in [9.17, 15) is 0 Å². The van der Waals surface area contributed by atoms with Crippen LogP contribution in [0.2, 0.25) is 10.0 Å². The number of alkyl halides is 1. The van der Waals surface area contributed by atoms with Crippen LogP contribution in [0.1, 0.15) is 5.82 Å². The first-order valence-corrected chi connectivity index (χ1v) is 8.37. The Hall–Kier alpha value is -0.740. The maximum atomic E-state index is 6.15. The first kappa shape index (κ1) is 15.2. The Bertz CT molecular complexity index is 797. The van der Waals surface area contributed by atoms with Crippen LogP contribution in [-0.2, 0) is 6.42 Å². The number of imidazole rings is 1. The average molecular weight is 405 g/mol. The number of halogens is 4. The van der Waals surface area contributed by atoms with Gasteiger partial charge in [0.2, 0.25) is 0 Å². The maximum absolute atomic E-state index is 6.15. The van der Waals surface area contributed by atoms with Crippen molar-refractivity contribution in [2.45, 2.75) is 6.42 Å². The van der Waals surface area contributed by atoms with Crippen LogP contribution in [-0.4, -0.2) is 15.4 Å². The van der Waals surface area contributed by atoms with Gasteiger partial charge in [0.25, 0.3) is 0 Å². The largest absolute Gasteiger partial charge is 0.296 e. The highest BCUT2D eigenvalue weighted by Crippen LogP contribution is 2.30. The highest BCUT2D eigenvalue weighted by atomic mass is 79.9. The molecule has 0 atom stereocenters. The summed E-state index contributed by atoms with van der Waals surface area (Å²) in [7, 11) is 0. The van der Waals surface area contributed by atoms with E-state index in [-0.39, 0.29) is 0 Å². The summed E-state index contributed by atoms with van der Waals surface area (Å²) in [6.07, 6.45) is 0.668. The fourth-order valence-corrected chi connectivity index (χ4v) is 3.00. The molecule has 6 heteroatoms. The number of hydrogen-bond acceptors (Lipinski definition) is 1. The highest BCUT2D eigenvalue weighted by Gasteiger charge is 2.14. The molecule has 0 bridgehead atoms. The Kier molecular flexibility index (Phi) is 4.46. The molecule has 2 nitrogen and oxygen atoms in total. The lowest BCUT2D eigenvalue weighted by molar-refractivity contribution is 0.912. The van der Waals surface area contributed by atoms with Crippen LogP contribution >= 0.6 is 50.7 Å². The van der Waals surface area contributed by atoms with E-state index in [1.165, 1.54) is 0 Å². The highest BCUT2D eigenvalue weighted by molar-refractivity contribution is 9.10. The molecule has 21 heavy (non-hydrogen) atoms. The van der Waals surface area contributed by atoms with Crippen molar-refractivity contribution in [2.75, 3.05) is 5.88 Å². The number of benzene rings is 2. The standard InChI is InChI=1S/C15H10BrCl3N2/c16-9-1-3-10(4-2-9)21-14-8-12(19)11(18)7-13(14)20-15(21)5-6-17/h1-4,7-8H,5-6H2. The van der Waals surface area contributed by atoms with Crippen molar-refractivity contribution in [3.63, 3.8) is 0 Å². The number of aryl methyl sites for hydroxylation is 1. The predicted octanol–water partition coefficient (Wildman–Crippen LogP) is 5.88. The molecule has 0 spiro atoms. The van der Waals surface area contributed by atoms with Gasteiger partial charge in [-0.25, -0.2) is 4.98 Å². The van der Waals surface area contributed by atoms with Crippen molar-refractivity contribution in [3.8, 4) is 5.69 Å². The molecule has 0 fully saturated rings. The van der Waals surface area contributed by atoms with Crippen LogP contribution in [0.5, 0.6) is 0 Å². The zero-order valence-electron chi connectivity index (χ0n) is 10.8. The molecule has 108 valence electrons. The summed E-state index contributed by atoms with van der Waals surface area (Å²) < 4.78 is 3.09. The zero-order chi connectivity index (χ0) is 15.0. The van der Waals surface area contributed by atoms with E-state index < -0.39 is 0 Å². The van der Waals surface area contributed by atoms with Crippen molar-refractivity contribution < 1.29 is 0 Å². The smallest absolute Gasteiger partial charge is 0.115 e. The molecule has 0 aliphatic rings. The van der Waals surface area contributed by atoms with E-state index in [0.29, 0.717) is 22.3 Å². The lowest BCUT2D eigenvalue weighted by Crippen LogP contribution is -2.02. The Labute approximate surface area is 145 Å². The molecule has 1 aromatic heterocycles. The number of nitrogens with zero attached hydrogens (tertiary/aromatic N) is 2. The predicted molar refractivity (Wildman–Crippen MR) is 93.2 cm³/mol. The van der Waals surface area contributed by atoms with Gasteiger partial charge in [0.15, 0.2) is 0 Å². The van der Waals surface area contributed by atoms with Crippen LogP contribution < -0.4 is 0 Å². The summed E-state index contributed by atoms with van der Waals surface area (Å²) >= 11 is 21.6. The van der Waals surface area contributed by atoms with Gasteiger partial charge in [-0.3, -0.25) is 4.57 Å². The molecule has 0 N–H and O–H groups in total. The van der Waals surface area contributed by atoms with Crippen LogP contribution in [0, 0.1) is 0 Å². The lowest BCUT2D eigenvalue weighted by atomic mass is 10.2. The molecule has 3 aromatic rings. The fourth-order valence-electron chi connectivity index (χ4n) is 2.25. The third-order valence-corrected chi connectivity index (χ3v) is 4.61. The Morgan fingerprint density at radius 3 is 2.38 bits per heavy atom. The van der Waals surface area contributed by atoms with Gasteiger partial charge in [-0.1, -0.05) is 39.1 Å². The number of fused-ring (bicyclic) bond motifs is 1. The molecule has 0 amide bonds. The van der Waals surface area contributed by atoms with Gasteiger partial charge >= 0.3 is 0 Å². The van der Waals surface area contributed by atoms with Crippen molar-refractivity contribution in [1.82, 2.24) is 9.55 Å². The topological polar surface area (TPSA) is 17.8 Å². The third kappa shape index (κ3) is 2.93. The zero-order valence-corrected chi connectivity index (χ0v) is 14.6. The van der Waals surface area contributed by atoms with Gasteiger partial charge in [0.05, 0.1) is 21.1 Å². The molecule has 0 saturated carbocycles. The number of hydrogen-bond donors (Lipinski definition) is 0. The van der Waals surface area contributed by atoms with E-state index in [4.69, 9.17) is 34.8 Å². The molecule has 0 saturated heterocycles. The van der Waals surface area contributed by atoms with Gasteiger partial charge in [0, 0.05) is 22.5 Å². The molecule has 1 heterocycles. The van der Waals surface area contributed by atoms with E-state index in [1.807, 2.05) is 30.3 Å². The summed E-state index contributed by atoms with van der Waals surface area (Å²) in [6, 6.07) is 11.6.